The number of carbonyl (C=O) groups is 1. The summed E-state index contributed by atoms with van der Waals surface area (Å²) >= 11 is 0. The van der Waals surface area contributed by atoms with Gasteiger partial charge < -0.3 is 9.73 Å². The molecule has 1 amide bonds. The van der Waals surface area contributed by atoms with Crippen molar-refractivity contribution in [2.75, 3.05) is 5.32 Å². The normalized spacial score (nSPS) is 16.9. The molecule has 2 aromatic heterocycles. The van der Waals surface area contributed by atoms with E-state index in [-0.39, 0.29) is 18.5 Å². The average molecular weight is 379 g/mol. The maximum Gasteiger partial charge on any atom is 0.416 e. The van der Waals surface area contributed by atoms with Crippen LogP contribution in [-0.2, 0) is 17.5 Å². The number of aromatic nitrogens is 2. The summed E-state index contributed by atoms with van der Waals surface area (Å²) in [6, 6.07) is 5.64. The van der Waals surface area contributed by atoms with E-state index in [2.05, 4.69) is 10.4 Å². The van der Waals surface area contributed by atoms with E-state index >= 15 is 0 Å². The van der Waals surface area contributed by atoms with E-state index in [9.17, 15) is 22.4 Å². The second kappa shape index (κ2) is 6.26. The number of carbonyl (C=O) groups excluding carboxylic acids is 1. The van der Waals surface area contributed by atoms with E-state index in [1.54, 1.807) is 12.1 Å². The zero-order valence-electron chi connectivity index (χ0n) is 13.8. The number of rotatable bonds is 3. The van der Waals surface area contributed by atoms with Gasteiger partial charge in [-0.1, -0.05) is 0 Å². The molecule has 140 valence electrons. The Morgan fingerprint density at radius 2 is 2.07 bits per heavy atom. The van der Waals surface area contributed by atoms with Crippen LogP contribution >= 0.6 is 0 Å². The van der Waals surface area contributed by atoms with Crippen LogP contribution in [0.15, 0.2) is 47.2 Å². The molecule has 1 aliphatic heterocycles. The van der Waals surface area contributed by atoms with Crippen LogP contribution in [0.5, 0.6) is 0 Å². The molecule has 1 aromatic carbocycles. The van der Waals surface area contributed by atoms with Gasteiger partial charge in [-0.3, -0.25) is 4.79 Å². The monoisotopic (exact) mass is 379 g/mol. The molecule has 9 heteroatoms. The Bertz CT molecular complexity index is 993. The summed E-state index contributed by atoms with van der Waals surface area (Å²) in [6.07, 6.45) is -1.85. The van der Waals surface area contributed by atoms with Crippen LogP contribution in [0, 0.1) is 5.82 Å². The molecule has 4 rings (SSSR count). The summed E-state index contributed by atoms with van der Waals surface area (Å²) in [7, 11) is 0. The fourth-order valence-corrected chi connectivity index (χ4v) is 3.20. The molecule has 3 heterocycles. The summed E-state index contributed by atoms with van der Waals surface area (Å²) < 4.78 is 60.1. The maximum atomic E-state index is 14.3. The molecule has 1 aliphatic rings. The lowest BCUT2D eigenvalue weighted by molar-refractivity contribution is -0.137. The summed E-state index contributed by atoms with van der Waals surface area (Å²) in [5.74, 6) is -1.17. The third-order valence-electron chi connectivity index (χ3n) is 4.47. The van der Waals surface area contributed by atoms with Gasteiger partial charge in [0.2, 0.25) is 5.91 Å². The van der Waals surface area contributed by atoms with Crippen molar-refractivity contribution >= 4 is 11.7 Å². The van der Waals surface area contributed by atoms with Gasteiger partial charge in [-0.05, 0) is 35.9 Å². The zero-order chi connectivity index (χ0) is 19.2. The summed E-state index contributed by atoms with van der Waals surface area (Å²) in [6.45, 7) is 0.223. The van der Waals surface area contributed by atoms with Crippen molar-refractivity contribution < 1.29 is 26.8 Å². The molecule has 0 aliphatic carbocycles. The molecule has 1 atom stereocenters. The van der Waals surface area contributed by atoms with Crippen LogP contribution in [0.25, 0.3) is 0 Å². The third-order valence-corrected chi connectivity index (χ3v) is 4.47. The van der Waals surface area contributed by atoms with Crippen molar-refractivity contribution in [2.45, 2.75) is 25.1 Å². The van der Waals surface area contributed by atoms with Crippen molar-refractivity contribution in [1.82, 2.24) is 9.78 Å². The van der Waals surface area contributed by atoms with E-state index in [1.807, 2.05) is 0 Å². The van der Waals surface area contributed by atoms with E-state index in [0.29, 0.717) is 23.2 Å². The van der Waals surface area contributed by atoms with Crippen molar-refractivity contribution in [3.63, 3.8) is 0 Å². The number of alkyl halides is 3. The van der Waals surface area contributed by atoms with Crippen LogP contribution in [0.2, 0.25) is 0 Å². The Balaban J connectivity index is 1.76. The maximum absolute atomic E-state index is 14.3. The van der Waals surface area contributed by atoms with Gasteiger partial charge in [-0.25, -0.2) is 9.07 Å². The SMILES string of the molecule is O=C1C[C@H](c2cc(C(F)(F)F)ccc2F)c2cnn(Cc3ccco3)c2N1. The molecule has 5 nitrogen and oxygen atoms in total. The van der Waals surface area contributed by atoms with Gasteiger partial charge in [0.25, 0.3) is 0 Å². The van der Waals surface area contributed by atoms with Crippen LogP contribution < -0.4 is 5.32 Å². The Morgan fingerprint density at radius 1 is 1.26 bits per heavy atom. The number of nitrogens with one attached hydrogen (secondary N) is 1. The molecule has 0 saturated carbocycles. The fourth-order valence-electron chi connectivity index (χ4n) is 3.20. The fraction of sp³-hybridized carbons (Fsp3) is 0.222. The number of hydrogen-bond acceptors (Lipinski definition) is 3. The number of anilines is 1. The van der Waals surface area contributed by atoms with Gasteiger partial charge in [-0.2, -0.15) is 18.3 Å². The molecule has 3 aromatic rings. The minimum absolute atomic E-state index is 0.169. The van der Waals surface area contributed by atoms with Crippen LogP contribution in [-0.4, -0.2) is 15.7 Å². The number of nitrogens with zero attached hydrogens (tertiary/aromatic N) is 2. The van der Waals surface area contributed by atoms with Crippen molar-refractivity contribution in [1.29, 1.82) is 0 Å². The number of halogens is 4. The van der Waals surface area contributed by atoms with Crippen molar-refractivity contribution in [2.24, 2.45) is 0 Å². The van der Waals surface area contributed by atoms with Crippen LogP contribution in [0.1, 0.15) is 34.8 Å². The highest BCUT2D eigenvalue weighted by molar-refractivity contribution is 5.94. The molecule has 0 spiro atoms. The Labute approximate surface area is 150 Å². The predicted molar refractivity (Wildman–Crippen MR) is 86.5 cm³/mol. The summed E-state index contributed by atoms with van der Waals surface area (Å²) in [5, 5.41) is 6.84. The lowest BCUT2D eigenvalue weighted by Gasteiger charge is -2.24. The third kappa shape index (κ3) is 3.20. The van der Waals surface area contributed by atoms with E-state index < -0.39 is 29.4 Å². The standard InChI is InChI=1S/C18H13F4N3O2/c19-15-4-3-10(18(20,21)22)6-13(15)12-7-16(26)24-17-14(12)8-23-25(17)9-11-2-1-5-27-11/h1-6,8,12H,7,9H2,(H,24,26)/t12-/m1/s1. The van der Waals surface area contributed by atoms with Crippen LogP contribution in [0.4, 0.5) is 23.4 Å². The molecule has 0 unspecified atom stereocenters. The van der Waals surface area contributed by atoms with Gasteiger partial charge >= 0.3 is 6.18 Å². The van der Waals surface area contributed by atoms with Gasteiger partial charge in [-0.15, -0.1) is 0 Å². The first-order chi connectivity index (χ1) is 12.8. The van der Waals surface area contributed by atoms with Gasteiger partial charge in [0.1, 0.15) is 23.9 Å². The van der Waals surface area contributed by atoms with E-state index in [1.165, 1.54) is 17.1 Å². The Morgan fingerprint density at radius 3 is 2.78 bits per heavy atom. The first kappa shape index (κ1) is 17.3. The summed E-state index contributed by atoms with van der Waals surface area (Å²) in [4.78, 5) is 12.1. The van der Waals surface area contributed by atoms with Gasteiger partial charge in [0, 0.05) is 17.9 Å². The second-order valence-electron chi connectivity index (χ2n) is 6.22. The van der Waals surface area contributed by atoms with Crippen LogP contribution in [0.3, 0.4) is 0 Å². The molecule has 0 radical (unpaired) electrons. The van der Waals surface area contributed by atoms with Crippen molar-refractivity contribution in [3.8, 4) is 0 Å². The largest absolute Gasteiger partial charge is 0.467 e. The smallest absolute Gasteiger partial charge is 0.416 e. The lowest BCUT2D eigenvalue weighted by atomic mass is 9.86. The topological polar surface area (TPSA) is 60.1 Å². The molecule has 1 N–H and O–H groups in total. The van der Waals surface area contributed by atoms with E-state index in [0.717, 1.165) is 12.1 Å². The molecular weight excluding hydrogens is 366 g/mol. The van der Waals surface area contributed by atoms with Gasteiger partial charge in [0.15, 0.2) is 0 Å². The number of amides is 1. The lowest BCUT2D eigenvalue weighted by Crippen LogP contribution is -2.25. The molecule has 0 bridgehead atoms. The highest BCUT2D eigenvalue weighted by Gasteiger charge is 2.35. The molecule has 0 fully saturated rings. The number of hydrogen-bond donors (Lipinski definition) is 1. The highest BCUT2D eigenvalue weighted by Crippen LogP contribution is 2.40. The second-order valence-corrected chi connectivity index (χ2v) is 6.22. The van der Waals surface area contributed by atoms with Gasteiger partial charge in [0.05, 0.1) is 18.0 Å². The Kier molecular flexibility index (Phi) is 4.01. The quantitative estimate of drug-likeness (QED) is 0.696. The average Bonchev–Trinajstić information content (AvgIpc) is 3.24. The Hall–Kier alpha value is -3.10. The number of benzene rings is 1. The number of furan rings is 1. The minimum Gasteiger partial charge on any atom is -0.467 e. The predicted octanol–water partition coefficient (Wildman–Crippen LogP) is 4.16. The first-order valence-electron chi connectivity index (χ1n) is 8.07. The molecule has 27 heavy (non-hydrogen) atoms. The first-order valence-corrected chi connectivity index (χ1v) is 8.07. The molecule has 0 saturated heterocycles. The minimum atomic E-state index is -4.61. The highest BCUT2D eigenvalue weighted by atomic mass is 19.4. The summed E-state index contributed by atoms with van der Waals surface area (Å²) in [5.41, 5.74) is -0.688. The number of fused-ring (bicyclic) bond motifs is 1. The molecular formula is C18H13F4N3O2. The van der Waals surface area contributed by atoms with E-state index in [4.69, 9.17) is 4.42 Å². The zero-order valence-corrected chi connectivity index (χ0v) is 13.8. The van der Waals surface area contributed by atoms with Crippen molar-refractivity contribution in [3.05, 3.63) is 71.1 Å².